The monoisotopic (exact) mass is 331 g/mol. The van der Waals surface area contributed by atoms with E-state index < -0.39 is 6.04 Å². The van der Waals surface area contributed by atoms with Crippen LogP contribution in [0.25, 0.3) is 0 Å². The maximum absolute atomic E-state index is 12.6. The van der Waals surface area contributed by atoms with Gasteiger partial charge >= 0.3 is 6.03 Å². The van der Waals surface area contributed by atoms with Gasteiger partial charge in [-0.15, -0.1) is 0 Å². The molecule has 1 aliphatic rings. The second-order valence-electron chi connectivity index (χ2n) is 6.41. The van der Waals surface area contributed by atoms with E-state index in [0.717, 1.165) is 18.4 Å². The summed E-state index contributed by atoms with van der Waals surface area (Å²) < 4.78 is 0. The molecule has 24 heavy (non-hydrogen) atoms. The third-order valence-corrected chi connectivity index (χ3v) is 4.53. The van der Waals surface area contributed by atoms with E-state index in [0.29, 0.717) is 26.2 Å². The van der Waals surface area contributed by atoms with Gasteiger partial charge in [0.25, 0.3) is 0 Å². The molecule has 0 aliphatic carbocycles. The summed E-state index contributed by atoms with van der Waals surface area (Å²) in [7, 11) is 0. The van der Waals surface area contributed by atoms with E-state index in [9.17, 15) is 9.59 Å². The molecule has 0 bridgehead atoms. The molecule has 3 amide bonds. The Morgan fingerprint density at radius 2 is 1.92 bits per heavy atom. The molecule has 0 spiro atoms. The van der Waals surface area contributed by atoms with Gasteiger partial charge < -0.3 is 15.1 Å². The van der Waals surface area contributed by atoms with Gasteiger partial charge in [-0.25, -0.2) is 4.79 Å². The highest BCUT2D eigenvalue weighted by atomic mass is 16.2. The molecule has 2 rings (SSSR count). The molecule has 1 aliphatic heterocycles. The zero-order valence-corrected chi connectivity index (χ0v) is 14.8. The van der Waals surface area contributed by atoms with Crippen LogP contribution in [0.1, 0.15) is 45.1 Å². The van der Waals surface area contributed by atoms with Gasteiger partial charge in [0, 0.05) is 26.2 Å². The van der Waals surface area contributed by atoms with Crippen molar-refractivity contribution in [1.82, 2.24) is 15.1 Å². The number of carbonyl (C=O) groups excluding carboxylic acids is 2. The van der Waals surface area contributed by atoms with Crippen LogP contribution in [0.15, 0.2) is 30.3 Å². The van der Waals surface area contributed by atoms with E-state index in [2.05, 4.69) is 12.2 Å². The number of carbonyl (C=O) groups is 2. The summed E-state index contributed by atoms with van der Waals surface area (Å²) in [5.41, 5.74) is 1.12. The van der Waals surface area contributed by atoms with Crippen LogP contribution in [-0.2, 0) is 11.3 Å². The lowest BCUT2D eigenvalue weighted by atomic mass is 10.1. The number of unbranched alkanes of at least 4 members (excludes halogenated alkanes) is 3. The van der Waals surface area contributed by atoms with Crippen LogP contribution in [0.5, 0.6) is 0 Å². The summed E-state index contributed by atoms with van der Waals surface area (Å²) in [6, 6.07) is 9.44. The molecule has 1 saturated heterocycles. The van der Waals surface area contributed by atoms with Crippen molar-refractivity contribution in [3.05, 3.63) is 35.9 Å². The first-order valence-electron chi connectivity index (χ1n) is 9.00. The standard InChI is InChI=1S/C19H29N3O2/c1-3-4-5-9-12-20-19(24)22-14-13-21(18(23)16(22)2)15-17-10-7-6-8-11-17/h6-8,10-11,16H,3-5,9,12-15H2,1-2H3,(H,20,24). The highest BCUT2D eigenvalue weighted by Gasteiger charge is 2.34. The van der Waals surface area contributed by atoms with Crippen LogP contribution in [0, 0.1) is 0 Å². The maximum atomic E-state index is 12.6. The average molecular weight is 331 g/mol. The van der Waals surface area contributed by atoms with Crippen LogP contribution >= 0.6 is 0 Å². The quantitative estimate of drug-likeness (QED) is 0.781. The second kappa shape index (κ2) is 9.30. The normalized spacial score (nSPS) is 17.9. The summed E-state index contributed by atoms with van der Waals surface area (Å²) in [5.74, 6) is 0.0197. The molecule has 1 atom stereocenters. The third kappa shape index (κ3) is 4.98. The second-order valence-corrected chi connectivity index (χ2v) is 6.41. The van der Waals surface area contributed by atoms with Crippen molar-refractivity contribution in [2.75, 3.05) is 19.6 Å². The van der Waals surface area contributed by atoms with Crippen LogP contribution in [0.2, 0.25) is 0 Å². The van der Waals surface area contributed by atoms with Crippen molar-refractivity contribution < 1.29 is 9.59 Å². The maximum Gasteiger partial charge on any atom is 0.318 e. The van der Waals surface area contributed by atoms with E-state index in [1.54, 1.807) is 4.90 Å². The Hall–Kier alpha value is -2.04. The third-order valence-electron chi connectivity index (χ3n) is 4.53. The Balaban J connectivity index is 1.82. The molecule has 132 valence electrons. The minimum Gasteiger partial charge on any atom is -0.338 e. The van der Waals surface area contributed by atoms with Crippen molar-refractivity contribution in [1.29, 1.82) is 0 Å². The number of piperazine rings is 1. The van der Waals surface area contributed by atoms with Crippen molar-refractivity contribution >= 4 is 11.9 Å². The van der Waals surface area contributed by atoms with Gasteiger partial charge in [-0.05, 0) is 18.9 Å². The highest BCUT2D eigenvalue weighted by molar-refractivity contribution is 5.88. The van der Waals surface area contributed by atoms with Crippen molar-refractivity contribution in [3.63, 3.8) is 0 Å². The Bertz CT molecular complexity index is 533. The largest absolute Gasteiger partial charge is 0.338 e. The fourth-order valence-corrected chi connectivity index (χ4v) is 3.02. The van der Waals surface area contributed by atoms with Crippen LogP contribution in [0.3, 0.4) is 0 Å². The summed E-state index contributed by atoms with van der Waals surface area (Å²) in [6.45, 7) is 6.44. The minimum absolute atomic E-state index is 0.0197. The van der Waals surface area contributed by atoms with E-state index in [4.69, 9.17) is 0 Å². The predicted octanol–water partition coefficient (Wildman–Crippen LogP) is 3.01. The number of amides is 3. The molecule has 0 radical (unpaired) electrons. The van der Waals surface area contributed by atoms with Crippen molar-refractivity contribution in [2.24, 2.45) is 0 Å². The van der Waals surface area contributed by atoms with Gasteiger partial charge in [-0.3, -0.25) is 4.79 Å². The first kappa shape index (κ1) is 18.3. The van der Waals surface area contributed by atoms with Gasteiger partial charge in [0.1, 0.15) is 6.04 Å². The number of nitrogens with one attached hydrogen (secondary N) is 1. The molecular weight excluding hydrogens is 302 g/mol. The zero-order chi connectivity index (χ0) is 17.4. The van der Waals surface area contributed by atoms with Crippen LogP contribution in [-0.4, -0.2) is 47.4 Å². The van der Waals surface area contributed by atoms with E-state index in [-0.39, 0.29) is 11.9 Å². The minimum atomic E-state index is -0.405. The zero-order valence-electron chi connectivity index (χ0n) is 14.8. The molecule has 1 N–H and O–H groups in total. The summed E-state index contributed by atoms with van der Waals surface area (Å²) in [6.07, 6.45) is 4.51. The van der Waals surface area contributed by atoms with Crippen LogP contribution < -0.4 is 5.32 Å². The smallest absolute Gasteiger partial charge is 0.318 e. The van der Waals surface area contributed by atoms with Crippen molar-refractivity contribution in [2.45, 2.75) is 52.1 Å². The van der Waals surface area contributed by atoms with Crippen molar-refractivity contribution in [3.8, 4) is 0 Å². The Labute approximate surface area is 145 Å². The topological polar surface area (TPSA) is 52.7 Å². The number of urea groups is 1. The Morgan fingerprint density at radius 3 is 2.62 bits per heavy atom. The Kier molecular flexibility index (Phi) is 7.09. The SMILES string of the molecule is CCCCCCNC(=O)N1CCN(Cc2ccccc2)C(=O)C1C. The molecule has 1 heterocycles. The van der Waals surface area contributed by atoms with Gasteiger partial charge in [0.05, 0.1) is 0 Å². The van der Waals surface area contributed by atoms with Crippen LogP contribution in [0.4, 0.5) is 4.79 Å². The molecule has 0 aromatic heterocycles. The lowest BCUT2D eigenvalue weighted by Crippen LogP contribution is -2.59. The lowest BCUT2D eigenvalue weighted by molar-refractivity contribution is -0.139. The van der Waals surface area contributed by atoms with E-state index >= 15 is 0 Å². The Morgan fingerprint density at radius 1 is 1.17 bits per heavy atom. The molecule has 5 nitrogen and oxygen atoms in total. The summed E-state index contributed by atoms with van der Waals surface area (Å²) in [4.78, 5) is 28.4. The lowest BCUT2D eigenvalue weighted by Gasteiger charge is -2.39. The number of hydrogen-bond acceptors (Lipinski definition) is 2. The molecule has 1 aromatic carbocycles. The average Bonchev–Trinajstić information content (AvgIpc) is 2.60. The fraction of sp³-hybridized carbons (Fsp3) is 0.579. The fourth-order valence-electron chi connectivity index (χ4n) is 3.02. The van der Waals surface area contributed by atoms with Gasteiger partial charge in [-0.1, -0.05) is 56.5 Å². The van der Waals surface area contributed by atoms with Gasteiger partial charge in [0.15, 0.2) is 0 Å². The first-order chi connectivity index (χ1) is 11.6. The van der Waals surface area contributed by atoms with E-state index in [1.165, 1.54) is 12.8 Å². The number of rotatable bonds is 7. The highest BCUT2D eigenvalue weighted by Crippen LogP contribution is 2.14. The number of benzene rings is 1. The molecule has 1 unspecified atom stereocenters. The molecule has 1 fully saturated rings. The summed E-state index contributed by atoms with van der Waals surface area (Å²) in [5, 5.41) is 2.94. The molecular formula is C19H29N3O2. The molecule has 5 heteroatoms. The first-order valence-corrected chi connectivity index (χ1v) is 9.00. The number of nitrogens with zero attached hydrogens (tertiary/aromatic N) is 2. The van der Waals surface area contributed by atoms with Gasteiger partial charge in [0.2, 0.25) is 5.91 Å². The number of hydrogen-bond donors (Lipinski definition) is 1. The predicted molar refractivity (Wildman–Crippen MR) is 95.6 cm³/mol. The van der Waals surface area contributed by atoms with Gasteiger partial charge in [-0.2, -0.15) is 0 Å². The summed E-state index contributed by atoms with van der Waals surface area (Å²) >= 11 is 0. The molecule has 0 saturated carbocycles. The van der Waals surface area contributed by atoms with E-state index in [1.807, 2.05) is 42.2 Å². The molecule has 1 aromatic rings.